The lowest BCUT2D eigenvalue weighted by Crippen LogP contribution is -2.43. The van der Waals surface area contributed by atoms with Crippen molar-refractivity contribution in [3.63, 3.8) is 0 Å². The highest BCUT2D eigenvalue weighted by Gasteiger charge is 2.37. The van der Waals surface area contributed by atoms with Gasteiger partial charge in [0.25, 0.3) is 0 Å². The van der Waals surface area contributed by atoms with Crippen molar-refractivity contribution in [3.8, 4) is 0 Å². The fourth-order valence-electron chi connectivity index (χ4n) is 3.09. The summed E-state index contributed by atoms with van der Waals surface area (Å²) in [4.78, 5) is 10.7. The summed E-state index contributed by atoms with van der Waals surface area (Å²) in [5.41, 5.74) is 0.931. The zero-order valence-corrected chi connectivity index (χ0v) is 13.0. The molecule has 2 aliphatic heterocycles. The summed E-state index contributed by atoms with van der Waals surface area (Å²) in [5.74, 6) is 0.855. The minimum atomic E-state index is 0.150. The average Bonchev–Trinajstić information content (AvgIpc) is 2.70. The van der Waals surface area contributed by atoms with Crippen LogP contribution < -0.4 is 10.2 Å². The summed E-state index contributed by atoms with van der Waals surface area (Å²) in [6, 6.07) is 0. The van der Waals surface area contributed by atoms with Gasteiger partial charge in [-0.25, -0.2) is 9.97 Å². The Labute approximate surface area is 129 Å². The molecule has 0 unspecified atom stereocenters. The normalized spacial score (nSPS) is 22.1. The Morgan fingerprint density at radius 1 is 1.24 bits per heavy atom. The van der Waals surface area contributed by atoms with Crippen LogP contribution in [0.15, 0.2) is 6.33 Å². The molecule has 21 heavy (non-hydrogen) atoms. The number of hydrogen-bond donors (Lipinski definition) is 1. The minimum absolute atomic E-state index is 0.150. The molecule has 1 aromatic rings. The lowest BCUT2D eigenvalue weighted by Gasteiger charge is -2.38. The molecule has 7 heteroatoms. The van der Waals surface area contributed by atoms with E-state index in [-0.39, 0.29) is 5.41 Å². The highest BCUT2D eigenvalue weighted by molar-refractivity contribution is 6.32. The van der Waals surface area contributed by atoms with Crippen molar-refractivity contribution in [2.45, 2.75) is 12.8 Å². The molecule has 0 aliphatic carbocycles. The summed E-state index contributed by atoms with van der Waals surface area (Å²) in [7, 11) is 1.84. The number of ether oxygens (including phenoxy) is 2. The van der Waals surface area contributed by atoms with E-state index in [4.69, 9.17) is 21.1 Å². The predicted octanol–water partition coefficient (Wildman–Crippen LogP) is 1.81. The second-order valence-electron chi connectivity index (χ2n) is 5.70. The molecule has 3 rings (SSSR count). The van der Waals surface area contributed by atoms with E-state index in [9.17, 15) is 0 Å². The molecule has 0 bridgehead atoms. The van der Waals surface area contributed by atoms with Crippen LogP contribution in [0.25, 0.3) is 0 Å². The second kappa shape index (κ2) is 6.34. The largest absolute Gasteiger partial charge is 0.383 e. The SMILES string of the molecule is CNc1c(Cl)ncnc1N1CCOCC2(CCOCC2)C1. The van der Waals surface area contributed by atoms with Crippen LogP contribution in [0, 0.1) is 5.41 Å². The zero-order valence-electron chi connectivity index (χ0n) is 12.3. The molecule has 2 fully saturated rings. The van der Waals surface area contributed by atoms with E-state index in [0.717, 1.165) is 57.3 Å². The van der Waals surface area contributed by atoms with Crippen molar-refractivity contribution in [2.24, 2.45) is 5.41 Å². The van der Waals surface area contributed by atoms with Crippen molar-refractivity contribution in [2.75, 3.05) is 56.8 Å². The van der Waals surface area contributed by atoms with Crippen LogP contribution in [-0.4, -0.2) is 56.5 Å². The molecule has 0 atom stereocenters. The van der Waals surface area contributed by atoms with Crippen LogP contribution in [0.3, 0.4) is 0 Å². The van der Waals surface area contributed by atoms with Gasteiger partial charge in [0, 0.05) is 38.8 Å². The Bertz CT molecular complexity index is 494. The summed E-state index contributed by atoms with van der Waals surface area (Å²) >= 11 is 6.18. The first-order valence-electron chi connectivity index (χ1n) is 7.33. The van der Waals surface area contributed by atoms with Gasteiger partial charge in [-0.3, -0.25) is 0 Å². The van der Waals surface area contributed by atoms with Gasteiger partial charge in [-0.1, -0.05) is 11.6 Å². The van der Waals surface area contributed by atoms with Gasteiger partial charge in [0.15, 0.2) is 11.0 Å². The van der Waals surface area contributed by atoms with Gasteiger partial charge in [-0.05, 0) is 12.8 Å². The van der Waals surface area contributed by atoms with Crippen molar-refractivity contribution in [3.05, 3.63) is 11.5 Å². The standard InChI is InChI=1S/C14H21ClN4O2/c1-16-11-12(15)17-10-18-13(11)19-4-7-21-9-14(8-19)2-5-20-6-3-14/h10,16H,2-9H2,1H3. The molecule has 3 heterocycles. The molecule has 6 nitrogen and oxygen atoms in total. The summed E-state index contributed by atoms with van der Waals surface area (Å²) in [5, 5.41) is 3.56. The number of anilines is 2. The molecule has 2 saturated heterocycles. The number of aromatic nitrogens is 2. The van der Waals surface area contributed by atoms with Crippen LogP contribution >= 0.6 is 11.6 Å². The average molecular weight is 313 g/mol. The molecule has 1 spiro atoms. The highest BCUT2D eigenvalue weighted by Crippen LogP contribution is 2.37. The van der Waals surface area contributed by atoms with Crippen LogP contribution in [0.2, 0.25) is 5.15 Å². The van der Waals surface area contributed by atoms with E-state index in [2.05, 4.69) is 20.2 Å². The molecular formula is C14H21ClN4O2. The Morgan fingerprint density at radius 3 is 2.81 bits per heavy atom. The summed E-state index contributed by atoms with van der Waals surface area (Å²) in [6.07, 6.45) is 3.56. The predicted molar refractivity (Wildman–Crippen MR) is 82.1 cm³/mol. The molecule has 1 aromatic heterocycles. The Hall–Kier alpha value is -1.11. The third-order valence-electron chi connectivity index (χ3n) is 4.32. The van der Waals surface area contributed by atoms with Crippen molar-refractivity contribution >= 4 is 23.1 Å². The third kappa shape index (κ3) is 3.07. The fourth-order valence-corrected chi connectivity index (χ4v) is 3.31. The Kier molecular flexibility index (Phi) is 4.47. The van der Waals surface area contributed by atoms with Gasteiger partial charge in [0.05, 0.1) is 13.2 Å². The Morgan fingerprint density at radius 2 is 2.05 bits per heavy atom. The van der Waals surface area contributed by atoms with E-state index in [0.29, 0.717) is 11.8 Å². The van der Waals surface area contributed by atoms with Crippen molar-refractivity contribution in [1.29, 1.82) is 0 Å². The maximum absolute atomic E-state index is 6.18. The number of hydrogen-bond acceptors (Lipinski definition) is 6. The molecule has 116 valence electrons. The molecule has 2 aliphatic rings. The highest BCUT2D eigenvalue weighted by atomic mass is 35.5. The number of rotatable bonds is 2. The van der Waals surface area contributed by atoms with Gasteiger partial charge in [-0.2, -0.15) is 0 Å². The van der Waals surface area contributed by atoms with Crippen LogP contribution in [0.4, 0.5) is 11.5 Å². The summed E-state index contributed by atoms with van der Waals surface area (Å²) in [6.45, 7) is 4.83. The number of halogens is 1. The van der Waals surface area contributed by atoms with Gasteiger partial charge < -0.3 is 19.7 Å². The first-order chi connectivity index (χ1) is 10.2. The van der Waals surface area contributed by atoms with E-state index < -0.39 is 0 Å². The first-order valence-corrected chi connectivity index (χ1v) is 7.71. The third-order valence-corrected chi connectivity index (χ3v) is 4.61. The van der Waals surface area contributed by atoms with Crippen LogP contribution in [-0.2, 0) is 9.47 Å². The van der Waals surface area contributed by atoms with Crippen LogP contribution in [0.5, 0.6) is 0 Å². The number of nitrogens with one attached hydrogen (secondary N) is 1. The van der Waals surface area contributed by atoms with Gasteiger partial charge in [0.2, 0.25) is 0 Å². The maximum Gasteiger partial charge on any atom is 0.157 e. The molecule has 0 radical (unpaired) electrons. The monoisotopic (exact) mass is 312 g/mol. The molecule has 0 amide bonds. The molecular weight excluding hydrogens is 292 g/mol. The van der Waals surface area contributed by atoms with E-state index >= 15 is 0 Å². The quantitative estimate of drug-likeness (QED) is 0.840. The van der Waals surface area contributed by atoms with Crippen LogP contribution in [0.1, 0.15) is 12.8 Å². The van der Waals surface area contributed by atoms with E-state index in [1.165, 1.54) is 6.33 Å². The van der Waals surface area contributed by atoms with Crippen molar-refractivity contribution < 1.29 is 9.47 Å². The lowest BCUT2D eigenvalue weighted by molar-refractivity contribution is -0.0240. The minimum Gasteiger partial charge on any atom is -0.383 e. The van der Waals surface area contributed by atoms with Gasteiger partial charge in [-0.15, -0.1) is 0 Å². The fraction of sp³-hybridized carbons (Fsp3) is 0.714. The number of nitrogens with zero attached hydrogens (tertiary/aromatic N) is 3. The zero-order chi connectivity index (χ0) is 14.7. The van der Waals surface area contributed by atoms with Gasteiger partial charge in [0.1, 0.15) is 12.0 Å². The maximum atomic E-state index is 6.18. The first kappa shape index (κ1) is 14.8. The second-order valence-corrected chi connectivity index (χ2v) is 6.06. The molecule has 0 aromatic carbocycles. The molecule has 1 N–H and O–H groups in total. The topological polar surface area (TPSA) is 59.5 Å². The van der Waals surface area contributed by atoms with E-state index in [1.807, 2.05) is 7.05 Å². The van der Waals surface area contributed by atoms with Crippen molar-refractivity contribution in [1.82, 2.24) is 9.97 Å². The Balaban J connectivity index is 1.88. The van der Waals surface area contributed by atoms with Gasteiger partial charge >= 0.3 is 0 Å². The molecule has 0 saturated carbocycles. The summed E-state index contributed by atoms with van der Waals surface area (Å²) < 4.78 is 11.4. The smallest absolute Gasteiger partial charge is 0.157 e. The lowest BCUT2D eigenvalue weighted by atomic mass is 9.80. The van der Waals surface area contributed by atoms with E-state index in [1.54, 1.807) is 0 Å².